The standard InChI is InChI=1S/C17H12F3N5OS/c18-17(19,20)26-14-8-6-13(7-9-14)25-16(22-23-24-25)27-15(11-21)10-12-4-2-1-3-5-12/h1-9,15H,10H2/t15-/m1/s1. The van der Waals surface area contributed by atoms with Crippen LogP contribution in [-0.2, 0) is 6.42 Å². The summed E-state index contributed by atoms with van der Waals surface area (Å²) in [5.41, 5.74) is 1.46. The molecule has 0 fully saturated rings. The van der Waals surface area contributed by atoms with Crippen molar-refractivity contribution in [2.24, 2.45) is 0 Å². The summed E-state index contributed by atoms with van der Waals surface area (Å²) in [6.07, 6.45) is -4.25. The maximum atomic E-state index is 12.2. The number of thioether (sulfide) groups is 1. The van der Waals surface area contributed by atoms with Crippen molar-refractivity contribution in [1.29, 1.82) is 5.26 Å². The monoisotopic (exact) mass is 391 g/mol. The molecule has 3 aromatic rings. The van der Waals surface area contributed by atoms with Crippen LogP contribution < -0.4 is 4.74 Å². The van der Waals surface area contributed by atoms with E-state index in [0.29, 0.717) is 17.3 Å². The van der Waals surface area contributed by atoms with E-state index in [0.717, 1.165) is 5.56 Å². The summed E-state index contributed by atoms with van der Waals surface area (Å²) in [6, 6.07) is 16.9. The molecule has 27 heavy (non-hydrogen) atoms. The molecule has 138 valence electrons. The van der Waals surface area contributed by atoms with E-state index in [2.05, 4.69) is 26.3 Å². The highest BCUT2D eigenvalue weighted by Gasteiger charge is 2.31. The van der Waals surface area contributed by atoms with Crippen LogP contribution in [0.5, 0.6) is 5.75 Å². The normalized spacial score (nSPS) is 12.4. The molecule has 6 nitrogen and oxygen atoms in total. The van der Waals surface area contributed by atoms with Gasteiger partial charge in [0.05, 0.1) is 11.8 Å². The minimum Gasteiger partial charge on any atom is -0.406 e. The minimum atomic E-state index is -4.76. The van der Waals surface area contributed by atoms with Gasteiger partial charge >= 0.3 is 6.36 Å². The Balaban J connectivity index is 1.74. The number of nitriles is 1. The Bertz CT molecular complexity index is 922. The van der Waals surface area contributed by atoms with Crippen LogP contribution in [0.15, 0.2) is 59.8 Å². The maximum Gasteiger partial charge on any atom is 0.573 e. The number of hydrogen-bond acceptors (Lipinski definition) is 6. The lowest BCUT2D eigenvalue weighted by molar-refractivity contribution is -0.274. The molecule has 0 aliphatic carbocycles. The number of hydrogen-bond donors (Lipinski definition) is 0. The third-order valence-electron chi connectivity index (χ3n) is 3.41. The van der Waals surface area contributed by atoms with Crippen molar-refractivity contribution in [2.75, 3.05) is 0 Å². The summed E-state index contributed by atoms with van der Waals surface area (Å²) in [4.78, 5) is 0. The average Bonchev–Trinajstić information content (AvgIpc) is 3.09. The Labute approximate surface area is 156 Å². The van der Waals surface area contributed by atoms with Gasteiger partial charge in [-0.25, -0.2) is 0 Å². The summed E-state index contributed by atoms with van der Waals surface area (Å²) >= 11 is 1.18. The maximum absolute atomic E-state index is 12.2. The second kappa shape index (κ2) is 8.09. The zero-order chi connectivity index (χ0) is 19.3. The molecule has 1 heterocycles. The first-order valence-corrected chi connectivity index (χ1v) is 8.57. The van der Waals surface area contributed by atoms with E-state index in [9.17, 15) is 18.4 Å². The number of halogens is 3. The number of tetrazole rings is 1. The lowest BCUT2D eigenvalue weighted by Crippen LogP contribution is -2.17. The molecule has 1 aromatic heterocycles. The van der Waals surface area contributed by atoms with Crippen molar-refractivity contribution in [2.45, 2.75) is 23.2 Å². The fourth-order valence-electron chi connectivity index (χ4n) is 2.27. The first-order chi connectivity index (χ1) is 12.9. The molecule has 3 rings (SSSR count). The van der Waals surface area contributed by atoms with E-state index in [1.807, 2.05) is 30.3 Å². The molecule has 0 amide bonds. The molecule has 2 aromatic carbocycles. The zero-order valence-electron chi connectivity index (χ0n) is 13.7. The first kappa shape index (κ1) is 18.7. The van der Waals surface area contributed by atoms with Crippen molar-refractivity contribution in [1.82, 2.24) is 20.2 Å². The predicted octanol–water partition coefficient (Wildman–Crippen LogP) is 3.79. The number of ether oxygens (including phenoxy) is 1. The quantitative estimate of drug-likeness (QED) is 0.595. The SMILES string of the molecule is N#C[C@@H](Cc1ccccc1)Sc1nnnn1-c1ccc(OC(F)(F)F)cc1. The molecule has 0 bridgehead atoms. The largest absolute Gasteiger partial charge is 0.573 e. The van der Waals surface area contributed by atoms with E-state index in [1.165, 1.54) is 40.7 Å². The van der Waals surface area contributed by atoms with Crippen LogP contribution in [0.1, 0.15) is 5.56 Å². The van der Waals surface area contributed by atoms with E-state index in [1.54, 1.807) is 0 Å². The Morgan fingerprint density at radius 2 is 1.81 bits per heavy atom. The first-order valence-electron chi connectivity index (χ1n) is 7.69. The van der Waals surface area contributed by atoms with Crippen molar-refractivity contribution in [3.63, 3.8) is 0 Å². The molecule has 10 heteroatoms. The van der Waals surface area contributed by atoms with Crippen molar-refractivity contribution < 1.29 is 17.9 Å². The fourth-order valence-corrected chi connectivity index (χ4v) is 3.18. The lowest BCUT2D eigenvalue weighted by Gasteiger charge is -2.11. The molecule has 0 radical (unpaired) electrons. The third-order valence-corrected chi connectivity index (χ3v) is 4.43. The number of rotatable bonds is 6. The Morgan fingerprint density at radius 1 is 1.11 bits per heavy atom. The van der Waals surface area contributed by atoms with Gasteiger partial charge in [-0.3, -0.25) is 0 Å². The van der Waals surface area contributed by atoms with E-state index >= 15 is 0 Å². The molecule has 0 spiro atoms. The van der Waals surface area contributed by atoms with Crippen molar-refractivity contribution >= 4 is 11.8 Å². The molecule has 0 aliphatic rings. The highest BCUT2D eigenvalue weighted by molar-refractivity contribution is 8.00. The summed E-state index contributed by atoms with van der Waals surface area (Å²) in [7, 11) is 0. The minimum absolute atomic E-state index is 0.340. The van der Waals surface area contributed by atoms with Gasteiger partial charge in [-0.2, -0.15) is 9.94 Å². The zero-order valence-corrected chi connectivity index (χ0v) is 14.5. The average molecular weight is 391 g/mol. The molecule has 0 saturated heterocycles. The van der Waals surface area contributed by atoms with Gasteiger partial charge < -0.3 is 4.74 Å². The molecule has 0 N–H and O–H groups in total. The lowest BCUT2D eigenvalue weighted by atomic mass is 10.1. The molecule has 0 saturated carbocycles. The topological polar surface area (TPSA) is 76.6 Å². The van der Waals surface area contributed by atoms with Gasteiger partial charge in [0.1, 0.15) is 11.0 Å². The van der Waals surface area contributed by atoms with Crippen LogP contribution in [0.3, 0.4) is 0 Å². The summed E-state index contributed by atoms with van der Waals surface area (Å²) in [6.45, 7) is 0. The summed E-state index contributed by atoms with van der Waals surface area (Å²) in [5.74, 6) is -0.340. The van der Waals surface area contributed by atoms with Crippen LogP contribution in [0, 0.1) is 11.3 Å². The van der Waals surface area contributed by atoms with Gasteiger partial charge in [0.25, 0.3) is 0 Å². The van der Waals surface area contributed by atoms with Crippen molar-refractivity contribution in [3.05, 3.63) is 60.2 Å². The number of benzene rings is 2. The molecule has 0 aliphatic heterocycles. The van der Waals surface area contributed by atoms with Crippen LogP contribution in [0.2, 0.25) is 0 Å². The molecule has 0 unspecified atom stereocenters. The third kappa shape index (κ3) is 5.21. The highest BCUT2D eigenvalue weighted by Crippen LogP contribution is 2.27. The number of alkyl halides is 3. The summed E-state index contributed by atoms with van der Waals surface area (Å²) < 4.78 is 41.9. The summed E-state index contributed by atoms with van der Waals surface area (Å²) in [5, 5.41) is 20.7. The van der Waals surface area contributed by atoms with Gasteiger partial charge in [-0.15, -0.1) is 18.3 Å². The second-order valence-electron chi connectivity index (χ2n) is 5.34. The fraction of sp³-hybridized carbons (Fsp3) is 0.176. The van der Waals surface area contributed by atoms with Gasteiger partial charge in [0, 0.05) is 0 Å². The Kier molecular flexibility index (Phi) is 5.61. The molecule has 1 atom stereocenters. The van der Waals surface area contributed by atoms with E-state index in [4.69, 9.17) is 0 Å². The van der Waals surface area contributed by atoms with Crippen molar-refractivity contribution in [3.8, 4) is 17.5 Å². The van der Waals surface area contributed by atoms with Crippen LogP contribution in [-0.4, -0.2) is 31.8 Å². The van der Waals surface area contributed by atoms with E-state index < -0.39 is 11.6 Å². The number of nitrogens with zero attached hydrogens (tertiary/aromatic N) is 5. The van der Waals surface area contributed by atoms with Crippen LogP contribution in [0.25, 0.3) is 5.69 Å². The Morgan fingerprint density at radius 3 is 2.44 bits per heavy atom. The smallest absolute Gasteiger partial charge is 0.406 e. The van der Waals surface area contributed by atoms with Crippen LogP contribution in [0.4, 0.5) is 13.2 Å². The van der Waals surface area contributed by atoms with Gasteiger partial charge in [0.2, 0.25) is 5.16 Å². The van der Waals surface area contributed by atoms with Gasteiger partial charge in [-0.1, -0.05) is 42.1 Å². The highest BCUT2D eigenvalue weighted by atomic mass is 32.2. The molecular formula is C17H12F3N5OS. The number of aromatic nitrogens is 4. The second-order valence-corrected chi connectivity index (χ2v) is 6.51. The van der Waals surface area contributed by atoms with Crippen LogP contribution >= 0.6 is 11.8 Å². The van der Waals surface area contributed by atoms with Gasteiger partial charge in [0.15, 0.2) is 0 Å². The van der Waals surface area contributed by atoms with Gasteiger partial charge in [-0.05, 0) is 46.7 Å². The molecular weight excluding hydrogens is 379 g/mol. The van der Waals surface area contributed by atoms with E-state index in [-0.39, 0.29) is 5.75 Å². The predicted molar refractivity (Wildman–Crippen MR) is 91.2 cm³/mol. The Hall–Kier alpha value is -3.06.